The highest BCUT2D eigenvalue weighted by Gasteiger charge is 2.38. The predicted molar refractivity (Wildman–Crippen MR) is 103 cm³/mol. The second kappa shape index (κ2) is 7.20. The molecular formula is C17H16N2O6S3. The Kier molecular flexibility index (Phi) is 5.22. The van der Waals surface area contributed by atoms with Gasteiger partial charge in [-0.25, -0.2) is 25.3 Å². The molecule has 0 amide bonds. The van der Waals surface area contributed by atoms with Gasteiger partial charge in [0.2, 0.25) is 0 Å². The van der Waals surface area contributed by atoms with Crippen LogP contribution in [0.4, 0.5) is 5.69 Å². The molecule has 1 aliphatic rings. The molecule has 1 saturated heterocycles. The SMILES string of the molecule is N#Cc1ccccc1NS(=O)(=O)c1cccc(S(=O)(=O)[C@@H]2CCS(=O)(=O)C2)c1. The molecule has 148 valence electrons. The first-order chi connectivity index (χ1) is 13.0. The van der Waals surface area contributed by atoms with Crippen LogP contribution in [-0.4, -0.2) is 42.0 Å². The number of nitriles is 1. The van der Waals surface area contributed by atoms with Crippen molar-refractivity contribution >= 4 is 35.4 Å². The van der Waals surface area contributed by atoms with Crippen molar-refractivity contribution < 1.29 is 25.3 Å². The maximum Gasteiger partial charge on any atom is 0.261 e. The van der Waals surface area contributed by atoms with Gasteiger partial charge in [0, 0.05) is 0 Å². The molecule has 1 fully saturated rings. The summed E-state index contributed by atoms with van der Waals surface area (Å²) in [5, 5.41) is 7.99. The largest absolute Gasteiger partial charge is 0.278 e. The summed E-state index contributed by atoms with van der Waals surface area (Å²) in [6.45, 7) is 0. The molecule has 28 heavy (non-hydrogen) atoms. The Morgan fingerprint density at radius 1 is 1.00 bits per heavy atom. The number of nitrogens with zero attached hydrogens (tertiary/aromatic N) is 1. The van der Waals surface area contributed by atoms with Gasteiger partial charge in [-0.2, -0.15) is 5.26 Å². The number of para-hydroxylation sites is 1. The van der Waals surface area contributed by atoms with E-state index < -0.39 is 40.7 Å². The molecule has 1 aliphatic heterocycles. The van der Waals surface area contributed by atoms with Crippen molar-refractivity contribution in [3.8, 4) is 6.07 Å². The third-order valence-corrected chi connectivity index (χ3v) is 9.90. The minimum Gasteiger partial charge on any atom is -0.278 e. The fourth-order valence-corrected chi connectivity index (χ4v) is 8.49. The number of rotatable bonds is 5. The molecule has 8 nitrogen and oxygen atoms in total. The first-order valence-corrected chi connectivity index (χ1v) is 13.0. The van der Waals surface area contributed by atoms with Gasteiger partial charge in [-0.15, -0.1) is 0 Å². The van der Waals surface area contributed by atoms with Crippen molar-refractivity contribution in [2.75, 3.05) is 16.2 Å². The summed E-state index contributed by atoms with van der Waals surface area (Å²) in [6.07, 6.45) is -0.0184. The van der Waals surface area contributed by atoms with E-state index in [4.69, 9.17) is 5.26 Å². The summed E-state index contributed by atoms with van der Waals surface area (Å²) in [5.41, 5.74) is 0.186. The summed E-state index contributed by atoms with van der Waals surface area (Å²) in [6, 6.07) is 12.6. The van der Waals surface area contributed by atoms with Gasteiger partial charge in [-0.1, -0.05) is 18.2 Å². The van der Waals surface area contributed by atoms with E-state index in [1.165, 1.54) is 30.3 Å². The van der Waals surface area contributed by atoms with Crippen LogP contribution in [0.1, 0.15) is 12.0 Å². The van der Waals surface area contributed by atoms with Gasteiger partial charge in [0.15, 0.2) is 19.7 Å². The lowest BCUT2D eigenvalue weighted by Crippen LogP contribution is -2.23. The molecule has 1 heterocycles. The van der Waals surface area contributed by atoms with Gasteiger partial charge >= 0.3 is 0 Å². The molecule has 1 atom stereocenters. The molecule has 0 saturated carbocycles. The Labute approximate surface area is 163 Å². The minimum absolute atomic E-state index is 0.0184. The lowest BCUT2D eigenvalue weighted by molar-refractivity contribution is 0.582. The van der Waals surface area contributed by atoms with E-state index in [2.05, 4.69) is 4.72 Å². The van der Waals surface area contributed by atoms with Crippen molar-refractivity contribution in [1.82, 2.24) is 0 Å². The van der Waals surface area contributed by atoms with Gasteiger partial charge in [0.05, 0.1) is 37.8 Å². The Balaban J connectivity index is 1.96. The number of anilines is 1. The highest BCUT2D eigenvalue weighted by Crippen LogP contribution is 2.27. The molecule has 3 rings (SSSR count). The summed E-state index contributed by atoms with van der Waals surface area (Å²) < 4.78 is 76.3. The van der Waals surface area contributed by atoms with Crippen LogP contribution in [0, 0.1) is 11.3 Å². The molecule has 1 N–H and O–H groups in total. The Morgan fingerprint density at radius 2 is 1.68 bits per heavy atom. The first kappa shape index (κ1) is 20.3. The van der Waals surface area contributed by atoms with Crippen LogP contribution in [0.3, 0.4) is 0 Å². The third-order valence-electron chi connectivity index (χ3n) is 4.37. The van der Waals surface area contributed by atoms with E-state index in [0.29, 0.717) is 0 Å². The molecule has 2 aromatic carbocycles. The zero-order valence-corrected chi connectivity index (χ0v) is 16.9. The zero-order chi connectivity index (χ0) is 20.6. The highest BCUT2D eigenvalue weighted by molar-refractivity contribution is 7.96. The lowest BCUT2D eigenvalue weighted by Gasteiger charge is -2.13. The number of hydrogen-bond donors (Lipinski definition) is 1. The first-order valence-electron chi connectivity index (χ1n) is 8.11. The molecule has 0 aromatic heterocycles. The average molecular weight is 441 g/mol. The maximum atomic E-state index is 12.7. The monoisotopic (exact) mass is 440 g/mol. The van der Waals surface area contributed by atoms with E-state index in [-0.39, 0.29) is 33.2 Å². The zero-order valence-electron chi connectivity index (χ0n) is 14.4. The summed E-state index contributed by atoms with van der Waals surface area (Å²) in [7, 11) is -11.6. The van der Waals surface area contributed by atoms with Crippen LogP contribution in [-0.2, 0) is 29.7 Å². The van der Waals surface area contributed by atoms with E-state index in [1.807, 2.05) is 6.07 Å². The van der Waals surface area contributed by atoms with E-state index >= 15 is 0 Å². The fourth-order valence-electron chi connectivity index (χ4n) is 2.89. The Morgan fingerprint density at radius 3 is 2.32 bits per heavy atom. The number of sulfonamides is 1. The second-order valence-electron chi connectivity index (χ2n) is 6.31. The Hall–Kier alpha value is -2.42. The molecule has 0 spiro atoms. The van der Waals surface area contributed by atoms with Crippen LogP contribution in [0.2, 0.25) is 0 Å². The maximum absolute atomic E-state index is 12.7. The average Bonchev–Trinajstić information content (AvgIpc) is 3.02. The number of sulfone groups is 2. The van der Waals surface area contributed by atoms with Crippen LogP contribution in [0.15, 0.2) is 58.3 Å². The van der Waals surface area contributed by atoms with Crippen LogP contribution >= 0.6 is 0 Å². The van der Waals surface area contributed by atoms with Crippen molar-refractivity contribution in [2.45, 2.75) is 21.5 Å². The minimum atomic E-state index is -4.16. The van der Waals surface area contributed by atoms with Gasteiger partial charge in [-0.05, 0) is 36.8 Å². The third kappa shape index (κ3) is 4.04. The highest BCUT2D eigenvalue weighted by atomic mass is 32.2. The molecule has 0 bridgehead atoms. The smallest absolute Gasteiger partial charge is 0.261 e. The second-order valence-corrected chi connectivity index (χ2v) is 12.4. The van der Waals surface area contributed by atoms with Gasteiger partial charge < -0.3 is 0 Å². The predicted octanol–water partition coefficient (Wildman–Crippen LogP) is 1.32. The van der Waals surface area contributed by atoms with Crippen LogP contribution < -0.4 is 4.72 Å². The van der Waals surface area contributed by atoms with Gasteiger partial charge in [0.25, 0.3) is 10.0 Å². The fraction of sp³-hybridized carbons (Fsp3) is 0.235. The lowest BCUT2D eigenvalue weighted by atomic mass is 10.2. The molecule has 0 unspecified atom stereocenters. The molecule has 11 heteroatoms. The van der Waals surface area contributed by atoms with E-state index in [9.17, 15) is 25.3 Å². The van der Waals surface area contributed by atoms with Crippen molar-refractivity contribution in [3.05, 3.63) is 54.1 Å². The topological polar surface area (TPSA) is 138 Å². The standard InChI is InChI=1S/C17H16N2O6S3/c18-11-13-4-1-2-7-17(13)19-28(24,25)15-6-3-5-14(10-15)27(22,23)16-8-9-26(20,21)12-16/h1-7,10,16,19H,8-9,12H2/t16-/m1/s1. The summed E-state index contributed by atoms with van der Waals surface area (Å²) in [5.74, 6) is -0.679. The van der Waals surface area contributed by atoms with E-state index in [1.54, 1.807) is 12.1 Å². The number of benzene rings is 2. The molecule has 2 aromatic rings. The quantitative estimate of drug-likeness (QED) is 0.740. The van der Waals surface area contributed by atoms with Crippen molar-refractivity contribution in [2.24, 2.45) is 0 Å². The molecular weight excluding hydrogens is 424 g/mol. The number of hydrogen-bond acceptors (Lipinski definition) is 7. The van der Waals surface area contributed by atoms with E-state index in [0.717, 1.165) is 6.07 Å². The Bertz CT molecular complexity index is 1280. The molecule has 0 radical (unpaired) electrons. The van der Waals surface area contributed by atoms with Crippen LogP contribution in [0.25, 0.3) is 0 Å². The van der Waals surface area contributed by atoms with Crippen LogP contribution in [0.5, 0.6) is 0 Å². The van der Waals surface area contributed by atoms with Crippen molar-refractivity contribution in [1.29, 1.82) is 5.26 Å². The summed E-state index contributed by atoms with van der Waals surface area (Å²) >= 11 is 0. The van der Waals surface area contributed by atoms with Gasteiger partial charge in [-0.3, -0.25) is 4.72 Å². The molecule has 0 aliphatic carbocycles. The normalized spacial score (nSPS) is 19.0. The summed E-state index contributed by atoms with van der Waals surface area (Å²) in [4.78, 5) is -0.562. The van der Waals surface area contributed by atoms with Gasteiger partial charge in [0.1, 0.15) is 6.07 Å². The van der Waals surface area contributed by atoms with Crippen molar-refractivity contribution in [3.63, 3.8) is 0 Å². The number of nitrogens with one attached hydrogen (secondary N) is 1.